The van der Waals surface area contributed by atoms with E-state index in [1.165, 1.54) is 30.4 Å². The summed E-state index contributed by atoms with van der Waals surface area (Å²) < 4.78 is 39.0. The molecule has 3 rings (SSSR count). The fourth-order valence-corrected chi connectivity index (χ4v) is 4.71. The van der Waals surface area contributed by atoms with Crippen molar-refractivity contribution >= 4 is 21.6 Å². The third-order valence-electron chi connectivity index (χ3n) is 4.58. The number of nitrogens with one attached hydrogen (secondary N) is 1. The summed E-state index contributed by atoms with van der Waals surface area (Å²) in [5.41, 5.74) is 1.77. The Labute approximate surface area is 153 Å². The minimum Gasteiger partial charge on any atom is -0.495 e. The quantitative estimate of drug-likeness (QED) is 0.835. The van der Waals surface area contributed by atoms with Crippen molar-refractivity contribution in [2.75, 3.05) is 20.8 Å². The van der Waals surface area contributed by atoms with Crippen molar-refractivity contribution < 1.29 is 17.9 Å². The molecular formula is C18H20ClNO4S. The molecule has 1 aliphatic carbocycles. The fraction of sp³-hybridized carbons (Fsp3) is 0.333. The average Bonchev–Trinajstić information content (AvgIpc) is 2.99. The lowest BCUT2D eigenvalue weighted by Gasteiger charge is -2.27. The van der Waals surface area contributed by atoms with E-state index in [0.717, 1.165) is 0 Å². The predicted molar refractivity (Wildman–Crippen MR) is 96.8 cm³/mol. The second-order valence-electron chi connectivity index (χ2n) is 6.13. The van der Waals surface area contributed by atoms with Crippen molar-refractivity contribution in [2.24, 2.45) is 0 Å². The summed E-state index contributed by atoms with van der Waals surface area (Å²) in [6.07, 6.45) is 1.32. The first kappa shape index (κ1) is 18.2. The van der Waals surface area contributed by atoms with Crippen LogP contribution in [0.2, 0.25) is 5.02 Å². The number of halogens is 1. The van der Waals surface area contributed by atoms with Gasteiger partial charge in [0, 0.05) is 31.5 Å². The van der Waals surface area contributed by atoms with Gasteiger partial charge in [-0.25, -0.2) is 13.1 Å². The normalized spacial score (nSPS) is 15.8. The van der Waals surface area contributed by atoms with E-state index in [1.54, 1.807) is 13.2 Å². The molecule has 0 heterocycles. The van der Waals surface area contributed by atoms with Crippen molar-refractivity contribution in [3.63, 3.8) is 0 Å². The maximum absolute atomic E-state index is 12.7. The molecule has 0 aliphatic heterocycles. The molecule has 134 valence electrons. The molecule has 0 aromatic heterocycles. The lowest BCUT2D eigenvalue weighted by Crippen LogP contribution is -2.45. The minimum absolute atomic E-state index is 0.0178. The van der Waals surface area contributed by atoms with Gasteiger partial charge >= 0.3 is 0 Å². The molecule has 0 saturated heterocycles. The van der Waals surface area contributed by atoms with Gasteiger partial charge in [0.25, 0.3) is 0 Å². The van der Waals surface area contributed by atoms with Crippen LogP contribution in [0.1, 0.15) is 11.1 Å². The lowest BCUT2D eigenvalue weighted by atomic mass is 10.0. The van der Waals surface area contributed by atoms with Gasteiger partial charge in [0.05, 0.1) is 12.7 Å². The lowest BCUT2D eigenvalue weighted by molar-refractivity contribution is 0.00377. The number of ether oxygens (including phenoxy) is 2. The van der Waals surface area contributed by atoms with Gasteiger partial charge in [0.1, 0.15) is 10.6 Å². The molecule has 2 aromatic carbocycles. The van der Waals surface area contributed by atoms with Crippen LogP contribution in [0.25, 0.3) is 0 Å². The highest BCUT2D eigenvalue weighted by Gasteiger charge is 2.38. The van der Waals surface area contributed by atoms with Crippen LogP contribution in [0, 0.1) is 0 Å². The monoisotopic (exact) mass is 381 g/mol. The van der Waals surface area contributed by atoms with E-state index >= 15 is 0 Å². The van der Waals surface area contributed by atoms with Gasteiger partial charge in [0.15, 0.2) is 0 Å². The first-order valence-corrected chi connectivity index (χ1v) is 9.70. The first-order chi connectivity index (χ1) is 11.9. The number of sulfonamides is 1. The topological polar surface area (TPSA) is 64.6 Å². The standard InChI is InChI=1S/C18H20ClNO4S/c1-23-16-8-7-15(19)9-17(16)25(21,22)20-12-18(24-2)10-13-5-3-4-6-14(13)11-18/h3-9,20H,10-12H2,1-2H3. The van der Waals surface area contributed by atoms with Gasteiger partial charge < -0.3 is 9.47 Å². The van der Waals surface area contributed by atoms with Gasteiger partial charge in [0.2, 0.25) is 10.0 Å². The van der Waals surface area contributed by atoms with Crippen LogP contribution in [0.4, 0.5) is 0 Å². The summed E-state index contributed by atoms with van der Waals surface area (Å²) in [7, 11) is -0.754. The molecule has 0 bridgehead atoms. The molecule has 0 unspecified atom stereocenters. The Bertz CT molecular complexity index is 857. The Morgan fingerprint density at radius 3 is 2.32 bits per heavy atom. The smallest absolute Gasteiger partial charge is 0.244 e. The second kappa shape index (κ2) is 6.96. The van der Waals surface area contributed by atoms with E-state index in [9.17, 15) is 8.42 Å². The van der Waals surface area contributed by atoms with E-state index in [1.807, 2.05) is 24.3 Å². The van der Waals surface area contributed by atoms with Crippen LogP contribution in [0.5, 0.6) is 5.75 Å². The summed E-state index contributed by atoms with van der Waals surface area (Å²) in [5.74, 6) is 0.248. The molecular weight excluding hydrogens is 362 g/mol. The van der Waals surface area contributed by atoms with Crippen LogP contribution >= 0.6 is 11.6 Å². The van der Waals surface area contributed by atoms with Gasteiger partial charge in [-0.3, -0.25) is 0 Å². The number of hydrogen-bond donors (Lipinski definition) is 1. The Morgan fingerprint density at radius 1 is 1.12 bits per heavy atom. The molecule has 2 aromatic rings. The zero-order valence-electron chi connectivity index (χ0n) is 14.1. The maximum Gasteiger partial charge on any atom is 0.244 e. The van der Waals surface area contributed by atoms with Crippen LogP contribution in [-0.2, 0) is 27.6 Å². The highest BCUT2D eigenvalue weighted by Crippen LogP contribution is 2.33. The highest BCUT2D eigenvalue weighted by molar-refractivity contribution is 7.89. The number of fused-ring (bicyclic) bond motifs is 1. The molecule has 0 spiro atoms. The largest absolute Gasteiger partial charge is 0.495 e. The molecule has 1 N–H and O–H groups in total. The van der Waals surface area contributed by atoms with Crippen LogP contribution in [0.3, 0.4) is 0 Å². The first-order valence-electron chi connectivity index (χ1n) is 7.84. The van der Waals surface area contributed by atoms with Crippen molar-refractivity contribution in [1.82, 2.24) is 4.72 Å². The fourth-order valence-electron chi connectivity index (χ4n) is 3.17. The second-order valence-corrected chi connectivity index (χ2v) is 8.30. The summed E-state index contributed by atoms with van der Waals surface area (Å²) in [6, 6.07) is 12.6. The molecule has 5 nitrogen and oxygen atoms in total. The molecule has 7 heteroatoms. The Morgan fingerprint density at radius 2 is 1.76 bits per heavy atom. The van der Waals surface area contributed by atoms with E-state index in [2.05, 4.69) is 4.72 Å². The van der Waals surface area contributed by atoms with E-state index < -0.39 is 15.6 Å². The molecule has 0 fully saturated rings. The Hall–Kier alpha value is -1.60. The van der Waals surface area contributed by atoms with Crippen LogP contribution in [-0.4, -0.2) is 34.8 Å². The summed E-state index contributed by atoms with van der Waals surface area (Å²) >= 11 is 5.95. The van der Waals surface area contributed by atoms with Crippen molar-refractivity contribution in [3.05, 3.63) is 58.6 Å². The molecule has 0 radical (unpaired) electrons. The third kappa shape index (κ3) is 3.67. The zero-order valence-corrected chi connectivity index (χ0v) is 15.7. The molecule has 25 heavy (non-hydrogen) atoms. The van der Waals surface area contributed by atoms with Crippen molar-refractivity contribution in [2.45, 2.75) is 23.3 Å². The SMILES string of the molecule is COc1ccc(Cl)cc1S(=O)(=O)NCC1(OC)Cc2ccccc2C1. The highest BCUT2D eigenvalue weighted by atomic mass is 35.5. The number of rotatable bonds is 6. The average molecular weight is 382 g/mol. The summed E-state index contributed by atoms with van der Waals surface area (Å²) in [6.45, 7) is 0.163. The minimum atomic E-state index is -3.79. The van der Waals surface area contributed by atoms with Gasteiger partial charge in [-0.05, 0) is 29.3 Å². The Balaban J connectivity index is 1.82. The summed E-state index contributed by atoms with van der Waals surface area (Å²) in [4.78, 5) is 0.0178. The van der Waals surface area contributed by atoms with Gasteiger partial charge in [-0.2, -0.15) is 0 Å². The van der Waals surface area contributed by atoms with E-state index in [4.69, 9.17) is 21.1 Å². The molecule has 0 atom stereocenters. The van der Waals surface area contributed by atoms with E-state index in [0.29, 0.717) is 17.9 Å². The molecule has 0 saturated carbocycles. The van der Waals surface area contributed by atoms with Gasteiger partial charge in [-0.15, -0.1) is 0 Å². The van der Waals surface area contributed by atoms with Crippen molar-refractivity contribution in [3.8, 4) is 5.75 Å². The van der Waals surface area contributed by atoms with Crippen LogP contribution in [0.15, 0.2) is 47.4 Å². The molecule has 0 amide bonds. The van der Waals surface area contributed by atoms with E-state index in [-0.39, 0.29) is 17.2 Å². The predicted octanol–water partition coefficient (Wildman–Crippen LogP) is 2.81. The maximum atomic E-state index is 12.7. The van der Waals surface area contributed by atoms with Gasteiger partial charge in [-0.1, -0.05) is 35.9 Å². The number of benzene rings is 2. The number of methoxy groups -OCH3 is 2. The third-order valence-corrected chi connectivity index (χ3v) is 6.23. The molecule has 1 aliphatic rings. The number of hydrogen-bond acceptors (Lipinski definition) is 4. The zero-order chi connectivity index (χ0) is 18.1. The Kier molecular flexibility index (Phi) is 5.06. The summed E-state index contributed by atoms with van der Waals surface area (Å²) in [5, 5.41) is 0.330. The van der Waals surface area contributed by atoms with Crippen LogP contribution < -0.4 is 9.46 Å². The van der Waals surface area contributed by atoms with Crippen molar-refractivity contribution in [1.29, 1.82) is 0 Å².